The minimum atomic E-state index is -0.978. The van der Waals surface area contributed by atoms with Crippen molar-refractivity contribution in [2.24, 2.45) is 5.41 Å². The van der Waals surface area contributed by atoms with Crippen molar-refractivity contribution in [3.63, 3.8) is 0 Å². The fourth-order valence-corrected chi connectivity index (χ4v) is 2.73. The highest BCUT2D eigenvalue weighted by Gasteiger charge is 2.44. The van der Waals surface area contributed by atoms with Crippen molar-refractivity contribution in [3.05, 3.63) is 0 Å². The van der Waals surface area contributed by atoms with E-state index in [0.29, 0.717) is 18.5 Å². The summed E-state index contributed by atoms with van der Waals surface area (Å²) < 4.78 is 5.32. The minimum Gasteiger partial charge on any atom is -0.480 e. The van der Waals surface area contributed by atoms with Gasteiger partial charge in [0.25, 0.3) is 0 Å². The van der Waals surface area contributed by atoms with Crippen LogP contribution in [0.1, 0.15) is 33.6 Å². The van der Waals surface area contributed by atoms with Gasteiger partial charge in [0.05, 0.1) is 13.1 Å². The predicted molar refractivity (Wildman–Crippen MR) is 73.5 cm³/mol. The number of aliphatic carboxylic acids is 1. The van der Waals surface area contributed by atoms with E-state index in [1.54, 1.807) is 4.90 Å². The zero-order chi connectivity index (χ0) is 15.0. The first-order valence-electron chi connectivity index (χ1n) is 7.10. The molecule has 2 aliphatic rings. The van der Waals surface area contributed by atoms with Crippen LogP contribution < -0.4 is 0 Å². The number of hydrogen-bond donors (Lipinski definition) is 1. The molecule has 6 heteroatoms. The van der Waals surface area contributed by atoms with Crippen molar-refractivity contribution < 1.29 is 19.4 Å². The molecule has 1 N–H and O–H groups in total. The van der Waals surface area contributed by atoms with Crippen LogP contribution in [0.3, 0.4) is 0 Å². The maximum atomic E-state index is 12.3. The van der Waals surface area contributed by atoms with Gasteiger partial charge in [-0.1, -0.05) is 13.8 Å². The smallest absolute Gasteiger partial charge is 0.329 e. The average Bonchev–Trinajstić information content (AvgIpc) is 2.32. The van der Waals surface area contributed by atoms with Gasteiger partial charge in [-0.3, -0.25) is 0 Å². The van der Waals surface area contributed by atoms with Crippen molar-refractivity contribution >= 4 is 12.0 Å². The number of piperidine rings is 1. The number of likely N-dealkylation sites (tertiary alicyclic amines) is 2. The van der Waals surface area contributed by atoms with E-state index < -0.39 is 11.6 Å². The van der Waals surface area contributed by atoms with E-state index in [4.69, 9.17) is 9.84 Å². The van der Waals surface area contributed by atoms with E-state index >= 15 is 0 Å². The van der Waals surface area contributed by atoms with Crippen LogP contribution in [0.2, 0.25) is 0 Å². The molecule has 6 nitrogen and oxygen atoms in total. The fraction of sp³-hybridized carbons (Fsp3) is 0.857. The molecule has 2 heterocycles. The van der Waals surface area contributed by atoms with Crippen LogP contribution in [-0.4, -0.2) is 65.3 Å². The van der Waals surface area contributed by atoms with Crippen molar-refractivity contribution in [1.82, 2.24) is 9.80 Å². The summed E-state index contributed by atoms with van der Waals surface area (Å²) in [4.78, 5) is 26.4. The molecule has 2 amide bonds. The Labute approximate surface area is 119 Å². The highest BCUT2D eigenvalue weighted by Crippen LogP contribution is 2.32. The van der Waals surface area contributed by atoms with Gasteiger partial charge < -0.3 is 19.6 Å². The van der Waals surface area contributed by atoms with Gasteiger partial charge in [-0.25, -0.2) is 9.59 Å². The second-order valence-corrected chi connectivity index (χ2v) is 6.92. The Balaban J connectivity index is 1.78. The summed E-state index contributed by atoms with van der Waals surface area (Å²) in [7, 11) is 0. The molecule has 114 valence electrons. The standard InChI is InChI=1S/C14H24N2O4/c1-13(2)4-6-15(7-5-13)12(19)16-9-14(3,10-16)20-8-11(17)18/h4-10H2,1-3H3,(H,17,18). The van der Waals surface area contributed by atoms with Gasteiger partial charge in [0.2, 0.25) is 0 Å². The Morgan fingerprint density at radius 2 is 1.65 bits per heavy atom. The molecule has 20 heavy (non-hydrogen) atoms. The molecule has 0 aromatic rings. The maximum absolute atomic E-state index is 12.3. The summed E-state index contributed by atoms with van der Waals surface area (Å²) in [5, 5.41) is 8.61. The lowest BCUT2D eigenvalue weighted by atomic mass is 9.83. The van der Waals surface area contributed by atoms with Crippen molar-refractivity contribution in [3.8, 4) is 0 Å². The van der Waals surface area contributed by atoms with Crippen molar-refractivity contribution in [1.29, 1.82) is 0 Å². The topological polar surface area (TPSA) is 70.1 Å². The van der Waals surface area contributed by atoms with Crippen LogP contribution in [0.25, 0.3) is 0 Å². The van der Waals surface area contributed by atoms with Crippen LogP contribution in [-0.2, 0) is 9.53 Å². The van der Waals surface area contributed by atoms with E-state index in [0.717, 1.165) is 25.9 Å². The minimum absolute atomic E-state index is 0.0527. The highest BCUT2D eigenvalue weighted by atomic mass is 16.5. The van der Waals surface area contributed by atoms with Gasteiger partial charge in [-0.2, -0.15) is 0 Å². The van der Waals surface area contributed by atoms with Crippen LogP contribution in [0.15, 0.2) is 0 Å². The second kappa shape index (κ2) is 5.24. The van der Waals surface area contributed by atoms with Crippen LogP contribution in [0.5, 0.6) is 0 Å². The first-order valence-corrected chi connectivity index (χ1v) is 7.10. The average molecular weight is 284 g/mol. The quantitative estimate of drug-likeness (QED) is 0.850. The first kappa shape index (κ1) is 15.1. The van der Waals surface area contributed by atoms with E-state index in [1.807, 2.05) is 11.8 Å². The van der Waals surface area contributed by atoms with E-state index in [9.17, 15) is 9.59 Å². The van der Waals surface area contributed by atoms with E-state index in [-0.39, 0.29) is 12.6 Å². The van der Waals surface area contributed by atoms with E-state index in [2.05, 4.69) is 13.8 Å². The number of hydrogen-bond acceptors (Lipinski definition) is 3. The Morgan fingerprint density at radius 3 is 2.15 bits per heavy atom. The normalized spacial score (nSPS) is 24.1. The van der Waals surface area contributed by atoms with E-state index in [1.165, 1.54) is 0 Å². The molecule has 0 spiro atoms. The number of carbonyl (C=O) groups excluding carboxylic acids is 1. The van der Waals surface area contributed by atoms with Crippen LogP contribution in [0, 0.1) is 5.41 Å². The Bertz CT molecular complexity index is 392. The zero-order valence-corrected chi connectivity index (χ0v) is 12.5. The number of ether oxygens (including phenoxy) is 1. The zero-order valence-electron chi connectivity index (χ0n) is 12.5. The molecule has 0 bridgehead atoms. The van der Waals surface area contributed by atoms with Crippen LogP contribution >= 0.6 is 0 Å². The summed E-state index contributed by atoms with van der Waals surface area (Å²) in [5.74, 6) is -0.978. The highest BCUT2D eigenvalue weighted by molar-refractivity contribution is 5.76. The lowest BCUT2D eigenvalue weighted by molar-refractivity contribution is -0.160. The monoisotopic (exact) mass is 284 g/mol. The number of carbonyl (C=O) groups is 2. The number of amides is 2. The number of carboxylic acid groups (broad SMARTS) is 1. The number of urea groups is 1. The molecular weight excluding hydrogens is 260 g/mol. The molecule has 2 fully saturated rings. The fourth-order valence-electron chi connectivity index (χ4n) is 2.73. The summed E-state index contributed by atoms with van der Waals surface area (Å²) in [6, 6.07) is 0.0527. The molecule has 0 atom stereocenters. The van der Waals surface area contributed by atoms with Gasteiger partial charge in [0.15, 0.2) is 0 Å². The Morgan fingerprint density at radius 1 is 1.10 bits per heavy atom. The third-order valence-electron chi connectivity index (χ3n) is 4.25. The number of nitrogens with zero attached hydrogens (tertiary/aromatic N) is 2. The predicted octanol–water partition coefficient (Wildman–Crippen LogP) is 1.40. The summed E-state index contributed by atoms with van der Waals surface area (Å²) in [5.41, 5.74) is -0.187. The molecule has 2 aliphatic heterocycles. The van der Waals surface area contributed by atoms with Gasteiger partial charge in [-0.15, -0.1) is 0 Å². The van der Waals surface area contributed by atoms with Crippen LogP contribution in [0.4, 0.5) is 4.79 Å². The van der Waals surface area contributed by atoms with Gasteiger partial charge in [0.1, 0.15) is 12.2 Å². The molecule has 0 unspecified atom stereocenters. The molecule has 0 aliphatic carbocycles. The molecule has 0 saturated carbocycles. The third-order valence-corrected chi connectivity index (χ3v) is 4.25. The molecule has 0 radical (unpaired) electrons. The molecule has 2 saturated heterocycles. The molecule has 0 aromatic carbocycles. The lowest BCUT2D eigenvalue weighted by Crippen LogP contribution is -2.66. The first-order chi connectivity index (χ1) is 9.21. The SMILES string of the molecule is CC1(C)CCN(C(=O)N2CC(C)(OCC(=O)O)C2)CC1. The molecule has 2 rings (SSSR count). The third kappa shape index (κ3) is 3.42. The number of rotatable bonds is 3. The van der Waals surface area contributed by atoms with Gasteiger partial charge in [-0.05, 0) is 25.2 Å². The summed E-state index contributed by atoms with van der Waals surface area (Å²) in [6.07, 6.45) is 2.05. The van der Waals surface area contributed by atoms with Gasteiger partial charge in [0, 0.05) is 13.1 Å². The summed E-state index contributed by atoms with van der Waals surface area (Å²) in [6.45, 7) is 8.54. The van der Waals surface area contributed by atoms with Crippen molar-refractivity contribution in [2.75, 3.05) is 32.8 Å². The van der Waals surface area contributed by atoms with Gasteiger partial charge >= 0.3 is 12.0 Å². The Kier molecular flexibility index (Phi) is 3.95. The Hall–Kier alpha value is -1.30. The largest absolute Gasteiger partial charge is 0.480 e. The van der Waals surface area contributed by atoms with Crippen molar-refractivity contribution in [2.45, 2.75) is 39.2 Å². The molecular formula is C14H24N2O4. The lowest BCUT2D eigenvalue weighted by Gasteiger charge is -2.49. The summed E-state index contributed by atoms with van der Waals surface area (Å²) >= 11 is 0. The molecule has 0 aromatic heterocycles. The maximum Gasteiger partial charge on any atom is 0.329 e. The second-order valence-electron chi connectivity index (χ2n) is 6.92. The number of carboxylic acids is 1.